The van der Waals surface area contributed by atoms with Gasteiger partial charge in [-0.3, -0.25) is 0 Å². The van der Waals surface area contributed by atoms with Crippen molar-refractivity contribution in [2.75, 3.05) is 0 Å². The Morgan fingerprint density at radius 3 is 0.750 bits per heavy atom. The van der Waals surface area contributed by atoms with Crippen LogP contribution in [-0.2, 0) is 21.7 Å². The van der Waals surface area contributed by atoms with Gasteiger partial charge in [-0.05, 0) is 0 Å². The predicted molar refractivity (Wildman–Crippen MR) is 3.87 cm³/mol. The van der Waals surface area contributed by atoms with Gasteiger partial charge in [0.05, 0.1) is 0 Å². The van der Waals surface area contributed by atoms with Crippen LogP contribution in [0.15, 0.2) is 0 Å². The Balaban J connectivity index is 0. The third-order valence-electron chi connectivity index (χ3n) is 0. The fourth-order valence-corrected chi connectivity index (χ4v) is 0. The van der Waals surface area contributed by atoms with Crippen LogP contribution in [0.2, 0.25) is 0 Å². The van der Waals surface area contributed by atoms with E-state index in [1.165, 1.54) is 0 Å². The van der Waals surface area contributed by atoms with Crippen molar-refractivity contribution < 1.29 is 72.6 Å². The van der Waals surface area contributed by atoms with Crippen molar-refractivity contribution in [3.8, 4) is 0 Å². The molecule has 0 radical (unpaired) electrons. The van der Waals surface area contributed by atoms with E-state index in [1.54, 1.807) is 0 Å². The molecule has 0 spiro atoms. The van der Waals surface area contributed by atoms with Crippen LogP contribution in [0.5, 0.6) is 0 Å². The molecule has 0 atom stereocenters. The van der Waals surface area contributed by atoms with E-state index in [2.05, 4.69) is 0 Å². The molecule has 4 heteroatoms. The maximum atomic E-state index is 0. The van der Waals surface area contributed by atoms with Crippen molar-refractivity contribution in [3.63, 3.8) is 0 Å². The maximum absolute atomic E-state index is 0. The van der Waals surface area contributed by atoms with Gasteiger partial charge < -0.3 is 11.0 Å². The Bertz CT molecular complexity index is 6.00. The molecule has 2 N–H and O–H groups in total. The van der Waals surface area contributed by atoms with Gasteiger partial charge >= 0.3 is 61.7 Å². The van der Waals surface area contributed by atoms with Crippen molar-refractivity contribution >= 4 is 0 Å². The van der Waals surface area contributed by atoms with Crippen LogP contribution in [0, 0.1) is 39.9 Å². The molecule has 0 aromatic heterocycles. The fourth-order valence-electron chi connectivity index (χ4n) is 0. The number of rotatable bonds is 0. The van der Waals surface area contributed by atoms with E-state index < -0.39 is 0 Å². The first-order chi connectivity index (χ1) is 0. The molecule has 0 heterocycles. The summed E-state index contributed by atoms with van der Waals surface area (Å²) in [6, 6.07) is 0. The fraction of sp³-hybridized carbons (Fsp3) is 0. The summed E-state index contributed by atoms with van der Waals surface area (Å²) in [5, 5.41) is 0. The van der Waals surface area contributed by atoms with E-state index in [4.69, 9.17) is 0 Å². The van der Waals surface area contributed by atoms with Gasteiger partial charge in [0.25, 0.3) is 0 Å². The van der Waals surface area contributed by atoms with Crippen LogP contribution in [0.3, 0.4) is 0 Å². The van der Waals surface area contributed by atoms with Crippen LogP contribution < -0.4 is 0 Å². The van der Waals surface area contributed by atoms with Crippen LogP contribution >= 0.6 is 0 Å². The summed E-state index contributed by atoms with van der Waals surface area (Å²) in [4.78, 5) is 0. The zero-order chi connectivity index (χ0) is 0. The summed E-state index contributed by atoms with van der Waals surface area (Å²) in [5.74, 6) is 0. The molecule has 0 aliphatic carbocycles. The standard InChI is InChI=1S/2H2O.Th.Ti/h2*1H2;;/q;;2*+4/p-2. The van der Waals surface area contributed by atoms with E-state index in [9.17, 15) is 0 Å². The van der Waals surface area contributed by atoms with Gasteiger partial charge in [-0.2, -0.15) is 0 Å². The molecular formula is H2O2ThTi+6. The van der Waals surface area contributed by atoms with Gasteiger partial charge in [0.1, 0.15) is 0 Å². The van der Waals surface area contributed by atoms with Gasteiger partial charge in [0.2, 0.25) is 0 Å². The van der Waals surface area contributed by atoms with E-state index >= 15 is 0 Å². The van der Waals surface area contributed by atoms with Crippen molar-refractivity contribution in [1.82, 2.24) is 0 Å². The average molecular weight is 314 g/mol. The Morgan fingerprint density at radius 2 is 0.750 bits per heavy atom. The second-order valence-corrected chi connectivity index (χ2v) is 0. The molecule has 0 bridgehead atoms. The second-order valence-electron chi connectivity index (χ2n) is 0. The van der Waals surface area contributed by atoms with Gasteiger partial charge in [0.15, 0.2) is 0 Å². The predicted octanol–water partition coefficient (Wildman–Crippen LogP) is -0.356. The van der Waals surface area contributed by atoms with Crippen LogP contribution in [0.4, 0.5) is 0 Å². The van der Waals surface area contributed by atoms with Crippen LogP contribution in [-0.4, -0.2) is 11.0 Å². The molecule has 16 valence electrons. The average Bonchev–Trinajstić information content (AvgIpc) is 0. The summed E-state index contributed by atoms with van der Waals surface area (Å²) >= 11 is 0. The third-order valence-corrected chi connectivity index (χ3v) is 0. The molecule has 0 saturated carbocycles. The van der Waals surface area contributed by atoms with E-state index in [-0.39, 0.29) is 72.6 Å². The number of hydrogen-bond acceptors (Lipinski definition) is 2. The second kappa shape index (κ2) is 20.3. The van der Waals surface area contributed by atoms with E-state index in [0.717, 1.165) is 0 Å². The SMILES string of the molecule is [OH-].[OH-].[Th+4].[Ti+4]. The minimum absolute atomic E-state index is 0. The molecule has 0 aromatic carbocycles. The van der Waals surface area contributed by atoms with Crippen molar-refractivity contribution in [3.05, 3.63) is 0 Å². The van der Waals surface area contributed by atoms with Gasteiger partial charge in [-0.1, -0.05) is 0 Å². The first-order valence-corrected chi connectivity index (χ1v) is 0. The van der Waals surface area contributed by atoms with Gasteiger partial charge in [-0.25, -0.2) is 0 Å². The van der Waals surface area contributed by atoms with E-state index in [0.29, 0.717) is 0 Å². The normalized spacial score (nSPS) is 0. The molecule has 4 heavy (non-hydrogen) atoms. The zero-order valence-electron chi connectivity index (χ0n) is 1.89. The molecule has 0 fully saturated rings. The molecule has 2 nitrogen and oxygen atoms in total. The molecule has 0 aliphatic rings. The van der Waals surface area contributed by atoms with Crippen molar-refractivity contribution in [1.29, 1.82) is 0 Å². The van der Waals surface area contributed by atoms with Crippen LogP contribution in [0.1, 0.15) is 0 Å². The third kappa shape index (κ3) is 9.03. The van der Waals surface area contributed by atoms with Crippen molar-refractivity contribution in [2.24, 2.45) is 0 Å². The molecule has 0 rings (SSSR count). The summed E-state index contributed by atoms with van der Waals surface area (Å²) in [6.07, 6.45) is 0. The summed E-state index contributed by atoms with van der Waals surface area (Å²) in [5.41, 5.74) is 0. The summed E-state index contributed by atoms with van der Waals surface area (Å²) in [6.45, 7) is 0. The first-order valence-electron chi connectivity index (χ1n) is 0. The maximum Gasteiger partial charge on any atom is 4.00 e. The quantitative estimate of drug-likeness (QED) is 0.574. The molecule has 0 amide bonds. The van der Waals surface area contributed by atoms with E-state index in [1.807, 2.05) is 0 Å². The van der Waals surface area contributed by atoms with Gasteiger partial charge in [0, 0.05) is 0 Å². The Morgan fingerprint density at radius 1 is 0.750 bits per heavy atom. The first kappa shape index (κ1) is 38.2. The monoisotopic (exact) mass is 314 g/mol. The molecular weight excluding hydrogens is 312 g/mol. The van der Waals surface area contributed by atoms with Crippen LogP contribution in [0.25, 0.3) is 0 Å². The Hall–Kier alpha value is 1.96. The topological polar surface area (TPSA) is 60.0 Å². The molecule has 0 unspecified atom stereocenters. The number of hydrogen-bond donors (Lipinski definition) is 0. The zero-order valence-corrected chi connectivity index (χ0v) is 7.57. The smallest absolute Gasteiger partial charge is 0.870 e. The van der Waals surface area contributed by atoms with Gasteiger partial charge in [-0.15, -0.1) is 0 Å². The molecule has 0 saturated heterocycles. The minimum Gasteiger partial charge on any atom is -0.870 e. The summed E-state index contributed by atoms with van der Waals surface area (Å²) < 4.78 is 0. The Kier molecular flexibility index (Phi) is 193. The Labute approximate surface area is 71.5 Å². The van der Waals surface area contributed by atoms with Crippen molar-refractivity contribution in [2.45, 2.75) is 0 Å². The molecule has 0 aliphatic heterocycles. The minimum atomic E-state index is 0. The molecule has 0 aromatic rings. The largest absolute Gasteiger partial charge is 4.00 e. The summed E-state index contributed by atoms with van der Waals surface area (Å²) in [7, 11) is 0.